The molecule has 0 bridgehead atoms. The van der Waals surface area contributed by atoms with Crippen LogP contribution < -0.4 is 5.32 Å². The summed E-state index contributed by atoms with van der Waals surface area (Å²) >= 11 is 0. The lowest BCUT2D eigenvalue weighted by atomic mass is 10.1. The first-order chi connectivity index (χ1) is 4.33. The van der Waals surface area contributed by atoms with Crippen LogP contribution in [0.4, 0.5) is 0 Å². The molecule has 0 rings (SSSR count). The molecule has 0 aromatic rings. The van der Waals surface area contributed by atoms with Crippen LogP contribution in [0.25, 0.3) is 0 Å². The molecule has 58 valence electrons. The summed E-state index contributed by atoms with van der Waals surface area (Å²) in [6.45, 7) is 15.8. The van der Waals surface area contributed by atoms with E-state index in [0.717, 1.165) is 11.3 Å². The second-order valence-electron chi connectivity index (χ2n) is 3.63. The zero-order valence-corrected chi connectivity index (χ0v) is 7.41. The van der Waals surface area contributed by atoms with Gasteiger partial charge in [-0.1, -0.05) is 13.2 Å². The van der Waals surface area contributed by atoms with Gasteiger partial charge >= 0.3 is 0 Å². The van der Waals surface area contributed by atoms with Crippen LogP contribution in [0.1, 0.15) is 27.7 Å². The van der Waals surface area contributed by atoms with Crippen molar-refractivity contribution in [3.05, 3.63) is 24.4 Å². The third kappa shape index (κ3) is 4.19. The van der Waals surface area contributed by atoms with Crippen molar-refractivity contribution in [2.45, 2.75) is 33.2 Å². The van der Waals surface area contributed by atoms with Gasteiger partial charge in [-0.3, -0.25) is 0 Å². The Bertz CT molecular complexity index is 149. The maximum absolute atomic E-state index is 3.83. The standard InChI is InChI=1S/C9H17N/c1-7(2)8(3)10-9(4,5)6/h10H,1,3H2,2,4-6H3. The van der Waals surface area contributed by atoms with E-state index < -0.39 is 0 Å². The normalized spacial score (nSPS) is 10.8. The van der Waals surface area contributed by atoms with E-state index in [2.05, 4.69) is 39.2 Å². The average molecular weight is 139 g/mol. The Balaban J connectivity index is 3.93. The molecule has 1 nitrogen and oxygen atoms in total. The molecule has 1 heteroatoms. The van der Waals surface area contributed by atoms with E-state index in [-0.39, 0.29) is 5.54 Å². The van der Waals surface area contributed by atoms with Crippen molar-refractivity contribution in [2.24, 2.45) is 0 Å². The SMILES string of the molecule is C=C(C)C(=C)NC(C)(C)C. The number of hydrogen-bond acceptors (Lipinski definition) is 1. The highest BCUT2D eigenvalue weighted by Crippen LogP contribution is 2.06. The first kappa shape index (κ1) is 9.28. The van der Waals surface area contributed by atoms with Crippen LogP contribution in [-0.4, -0.2) is 5.54 Å². The molecule has 0 saturated heterocycles. The molecule has 0 heterocycles. The summed E-state index contributed by atoms with van der Waals surface area (Å²) in [5, 5.41) is 3.22. The Hall–Kier alpha value is -0.720. The second-order valence-corrected chi connectivity index (χ2v) is 3.63. The summed E-state index contributed by atoms with van der Waals surface area (Å²) in [5.74, 6) is 0. The number of nitrogens with one attached hydrogen (secondary N) is 1. The molecular weight excluding hydrogens is 122 g/mol. The van der Waals surface area contributed by atoms with Crippen LogP contribution in [0.3, 0.4) is 0 Å². The predicted molar refractivity (Wildman–Crippen MR) is 46.8 cm³/mol. The van der Waals surface area contributed by atoms with Crippen LogP contribution in [0.5, 0.6) is 0 Å². The van der Waals surface area contributed by atoms with E-state index in [1.165, 1.54) is 0 Å². The van der Waals surface area contributed by atoms with E-state index in [1.54, 1.807) is 0 Å². The highest BCUT2D eigenvalue weighted by Gasteiger charge is 2.09. The van der Waals surface area contributed by atoms with Crippen LogP contribution in [-0.2, 0) is 0 Å². The van der Waals surface area contributed by atoms with Crippen molar-refractivity contribution in [1.82, 2.24) is 5.32 Å². The summed E-state index contributed by atoms with van der Waals surface area (Å²) in [7, 11) is 0. The predicted octanol–water partition coefficient (Wildman–Crippen LogP) is 2.46. The molecule has 0 aromatic carbocycles. The molecule has 0 radical (unpaired) electrons. The van der Waals surface area contributed by atoms with Gasteiger partial charge in [-0.15, -0.1) is 0 Å². The van der Waals surface area contributed by atoms with Gasteiger partial charge in [0.15, 0.2) is 0 Å². The Kier molecular flexibility index (Phi) is 2.70. The lowest BCUT2D eigenvalue weighted by Gasteiger charge is -2.23. The van der Waals surface area contributed by atoms with Crippen LogP contribution in [0.2, 0.25) is 0 Å². The molecular formula is C9H17N. The van der Waals surface area contributed by atoms with Crippen molar-refractivity contribution in [2.75, 3.05) is 0 Å². The fourth-order valence-corrected chi connectivity index (χ4v) is 0.559. The number of hydrogen-bond donors (Lipinski definition) is 1. The van der Waals surface area contributed by atoms with Gasteiger partial charge in [0.25, 0.3) is 0 Å². The van der Waals surface area contributed by atoms with Crippen molar-refractivity contribution in [3.63, 3.8) is 0 Å². The van der Waals surface area contributed by atoms with Crippen molar-refractivity contribution < 1.29 is 0 Å². The zero-order chi connectivity index (χ0) is 8.36. The number of rotatable bonds is 2. The minimum Gasteiger partial charge on any atom is -0.381 e. The summed E-state index contributed by atoms with van der Waals surface area (Å²) in [4.78, 5) is 0. The molecule has 0 spiro atoms. The molecule has 0 atom stereocenters. The third-order valence-corrected chi connectivity index (χ3v) is 1.04. The highest BCUT2D eigenvalue weighted by atomic mass is 15.0. The highest BCUT2D eigenvalue weighted by molar-refractivity contribution is 5.21. The van der Waals surface area contributed by atoms with E-state index in [1.807, 2.05) is 6.92 Å². The van der Waals surface area contributed by atoms with Crippen LogP contribution in [0, 0.1) is 0 Å². The average Bonchev–Trinajstić information content (AvgIpc) is 1.60. The van der Waals surface area contributed by atoms with Crippen LogP contribution >= 0.6 is 0 Å². The fraction of sp³-hybridized carbons (Fsp3) is 0.556. The van der Waals surface area contributed by atoms with Crippen molar-refractivity contribution >= 4 is 0 Å². The Labute approximate surface area is 63.8 Å². The van der Waals surface area contributed by atoms with Gasteiger partial charge in [-0.25, -0.2) is 0 Å². The van der Waals surface area contributed by atoms with Crippen LogP contribution in [0.15, 0.2) is 24.4 Å². The largest absolute Gasteiger partial charge is 0.381 e. The molecule has 0 fully saturated rings. The first-order valence-corrected chi connectivity index (χ1v) is 3.46. The second kappa shape index (κ2) is 2.91. The fourth-order valence-electron chi connectivity index (χ4n) is 0.559. The molecule has 0 saturated carbocycles. The quantitative estimate of drug-likeness (QED) is 0.579. The molecule has 0 aliphatic carbocycles. The van der Waals surface area contributed by atoms with E-state index in [9.17, 15) is 0 Å². The summed E-state index contributed by atoms with van der Waals surface area (Å²) in [6.07, 6.45) is 0. The van der Waals surface area contributed by atoms with E-state index in [4.69, 9.17) is 0 Å². The molecule has 0 aliphatic heterocycles. The molecule has 0 amide bonds. The lowest BCUT2D eigenvalue weighted by Crippen LogP contribution is -2.34. The lowest BCUT2D eigenvalue weighted by molar-refractivity contribution is 0.477. The maximum atomic E-state index is 3.83. The minimum atomic E-state index is 0.0933. The Morgan fingerprint density at radius 1 is 1.20 bits per heavy atom. The summed E-state index contributed by atoms with van der Waals surface area (Å²) in [6, 6.07) is 0. The number of allylic oxidation sites excluding steroid dienone is 1. The van der Waals surface area contributed by atoms with Gasteiger partial charge in [0.05, 0.1) is 0 Å². The van der Waals surface area contributed by atoms with Gasteiger partial charge in [-0.05, 0) is 33.3 Å². The molecule has 0 unspecified atom stereocenters. The summed E-state index contributed by atoms with van der Waals surface area (Å²) in [5.41, 5.74) is 2.01. The molecule has 0 aliphatic rings. The zero-order valence-electron chi connectivity index (χ0n) is 7.41. The topological polar surface area (TPSA) is 12.0 Å². The molecule has 1 N–H and O–H groups in total. The monoisotopic (exact) mass is 139 g/mol. The van der Waals surface area contributed by atoms with Gasteiger partial charge in [-0.2, -0.15) is 0 Å². The van der Waals surface area contributed by atoms with E-state index in [0.29, 0.717) is 0 Å². The maximum Gasteiger partial charge on any atom is 0.0294 e. The molecule has 10 heavy (non-hydrogen) atoms. The van der Waals surface area contributed by atoms with Gasteiger partial charge < -0.3 is 5.32 Å². The van der Waals surface area contributed by atoms with Gasteiger partial charge in [0.2, 0.25) is 0 Å². The first-order valence-electron chi connectivity index (χ1n) is 3.46. The third-order valence-electron chi connectivity index (χ3n) is 1.04. The smallest absolute Gasteiger partial charge is 0.0294 e. The minimum absolute atomic E-state index is 0.0933. The van der Waals surface area contributed by atoms with Crippen molar-refractivity contribution in [1.29, 1.82) is 0 Å². The van der Waals surface area contributed by atoms with Crippen molar-refractivity contribution in [3.8, 4) is 0 Å². The van der Waals surface area contributed by atoms with Gasteiger partial charge in [0.1, 0.15) is 0 Å². The van der Waals surface area contributed by atoms with E-state index >= 15 is 0 Å². The molecule has 0 aromatic heterocycles. The summed E-state index contributed by atoms with van der Waals surface area (Å²) < 4.78 is 0. The van der Waals surface area contributed by atoms with Gasteiger partial charge in [0, 0.05) is 11.2 Å². The Morgan fingerprint density at radius 3 is 1.70 bits per heavy atom. The Morgan fingerprint density at radius 2 is 1.60 bits per heavy atom.